The van der Waals surface area contributed by atoms with Crippen molar-refractivity contribution in [2.45, 2.75) is 26.7 Å². The molecule has 1 N–H and O–H groups in total. The third-order valence-electron chi connectivity index (χ3n) is 3.00. The molecule has 0 unspecified atom stereocenters. The van der Waals surface area contributed by atoms with Crippen molar-refractivity contribution in [1.82, 2.24) is 0 Å². The highest BCUT2D eigenvalue weighted by Gasteiger charge is 2.10. The molecular formula is C13H17N. The maximum atomic E-state index is 3.50. The monoisotopic (exact) mass is 187 g/mol. The van der Waals surface area contributed by atoms with Crippen molar-refractivity contribution in [3.05, 3.63) is 41.0 Å². The maximum Gasteiger partial charge on any atom is 0.0378 e. The molecule has 1 aliphatic heterocycles. The molecule has 0 aliphatic carbocycles. The topological polar surface area (TPSA) is 12.0 Å². The van der Waals surface area contributed by atoms with Crippen molar-refractivity contribution in [3.63, 3.8) is 0 Å². The van der Waals surface area contributed by atoms with Crippen LogP contribution >= 0.6 is 0 Å². The van der Waals surface area contributed by atoms with Crippen molar-refractivity contribution in [1.29, 1.82) is 0 Å². The van der Waals surface area contributed by atoms with E-state index < -0.39 is 0 Å². The zero-order valence-corrected chi connectivity index (χ0v) is 8.93. The largest absolute Gasteiger partial charge is 0.381 e. The van der Waals surface area contributed by atoms with E-state index in [1.54, 1.807) is 5.57 Å². The van der Waals surface area contributed by atoms with Gasteiger partial charge in [-0.1, -0.05) is 36.3 Å². The predicted octanol–water partition coefficient (Wildman–Crippen LogP) is 3.38. The van der Waals surface area contributed by atoms with Crippen molar-refractivity contribution in [2.75, 3.05) is 11.9 Å². The Morgan fingerprint density at radius 2 is 2.07 bits per heavy atom. The van der Waals surface area contributed by atoms with Gasteiger partial charge in [-0.2, -0.15) is 0 Å². The number of nitrogens with one attached hydrogen (secondary N) is 1. The van der Waals surface area contributed by atoms with Crippen LogP contribution < -0.4 is 5.32 Å². The fraction of sp³-hybridized carbons (Fsp3) is 0.385. The molecule has 0 saturated carbocycles. The van der Waals surface area contributed by atoms with Crippen LogP contribution in [0.1, 0.15) is 25.8 Å². The van der Waals surface area contributed by atoms with Crippen LogP contribution in [0.4, 0.5) is 5.69 Å². The first-order valence-corrected chi connectivity index (χ1v) is 5.30. The van der Waals surface area contributed by atoms with Crippen LogP contribution in [-0.4, -0.2) is 6.54 Å². The second-order valence-corrected chi connectivity index (χ2v) is 3.92. The number of benzene rings is 1. The molecule has 1 heteroatoms. The van der Waals surface area contributed by atoms with Gasteiger partial charge in [-0.05, 0) is 31.4 Å². The molecule has 1 heterocycles. The van der Waals surface area contributed by atoms with Crippen molar-refractivity contribution < 1.29 is 0 Å². The summed E-state index contributed by atoms with van der Waals surface area (Å²) in [4.78, 5) is 0. The minimum absolute atomic E-state index is 1.01. The van der Waals surface area contributed by atoms with Crippen molar-refractivity contribution in [2.24, 2.45) is 0 Å². The lowest BCUT2D eigenvalue weighted by Gasteiger charge is -2.07. The lowest BCUT2D eigenvalue weighted by Crippen LogP contribution is -2.03. The summed E-state index contributed by atoms with van der Waals surface area (Å²) in [7, 11) is 0. The summed E-state index contributed by atoms with van der Waals surface area (Å²) in [6.45, 7) is 5.50. The van der Waals surface area contributed by atoms with E-state index >= 15 is 0 Å². The first-order valence-electron chi connectivity index (χ1n) is 5.30. The average Bonchev–Trinajstić information content (AvgIpc) is 2.36. The minimum Gasteiger partial charge on any atom is -0.381 e. The SMILES string of the molecule is CCC1=C(C)Cc2ccccc2NC1. The van der Waals surface area contributed by atoms with Gasteiger partial charge in [-0.25, -0.2) is 0 Å². The Labute approximate surface area is 85.8 Å². The number of fused-ring (bicyclic) bond motifs is 1. The molecule has 0 radical (unpaired) electrons. The Morgan fingerprint density at radius 3 is 2.86 bits per heavy atom. The van der Waals surface area contributed by atoms with Gasteiger partial charge in [0.1, 0.15) is 0 Å². The molecule has 1 nitrogen and oxygen atoms in total. The zero-order chi connectivity index (χ0) is 9.97. The quantitative estimate of drug-likeness (QED) is 0.664. The van der Waals surface area contributed by atoms with E-state index in [0.717, 1.165) is 19.4 Å². The molecule has 0 saturated heterocycles. The molecule has 1 aromatic rings. The molecule has 0 amide bonds. The standard InChI is InChI=1S/C13H17N/c1-3-11-9-14-13-7-5-4-6-12(13)8-10(11)2/h4-7,14H,3,8-9H2,1-2H3. The summed E-state index contributed by atoms with van der Waals surface area (Å²) < 4.78 is 0. The Hall–Kier alpha value is -1.24. The number of hydrogen-bond donors (Lipinski definition) is 1. The molecule has 0 fully saturated rings. The van der Waals surface area contributed by atoms with E-state index in [4.69, 9.17) is 0 Å². The van der Waals surface area contributed by atoms with E-state index in [9.17, 15) is 0 Å². The molecular weight excluding hydrogens is 170 g/mol. The lowest BCUT2D eigenvalue weighted by atomic mass is 10.0. The van der Waals surface area contributed by atoms with Gasteiger partial charge in [0.15, 0.2) is 0 Å². The van der Waals surface area contributed by atoms with Crippen LogP contribution in [0.3, 0.4) is 0 Å². The van der Waals surface area contributed by atoms with E-state index in [1.807, 2.05) is 0 Å². The highest BCUT2D eigenvalue weighted by molar-refractivity contribution is 5.55. The molecule has 74 valence electrons. The molecule has 0 bridgehead atoms. The van der Waals surface area contributed by atoms with Gasteiger partial charge >= 0.3 is 0 Å². The molecule has 2 rings (SSSR count). The normalized spacial score (nSPS) is 15.9. The van der Waals surface area contributed by atoms with Crippen LogP contribution in [0.5, 0.6) is 0 Å². The van der Waals surface area contributed by atoms with Crippen LogP contribution in [0.25, 0.3) is 0 Å². The van der Waals surface area contributed by atoms with Crippen LogP contribution in [0.2, 0.25) is 0 Å². The first kappa shape index (κ1) is 9.32. The smallest absolute Gasteiger partial charge is 0.0378 e. The predicted molar refractivity (Wildman–Crippen MR) is 61.6 cm³/mol. The van der Waals surface area contributed by atoms with E-state index in [-0.39, 0.29) is 0 Å². The second kappa shape index (κ2) is 3.87. The van der Waals surface area contributed by atoms with Gasteiger partial charge in [-0.15, -0.1) is 0 Å². The van der Waals surface area contributed by atoms with Gasteiger partial charge in [0, 0.05) is 12.2 Å². The molecule has 14 heavy (non-hydrogen) atoms. The Balaban J connectivity index is 2.34. The summed E-state index contributed by atoms with van der Waals surface area (Å²) >= 11 is 0. The summed E-state index contributed by atoms with van der Waals surface area (Å²) in [6, 6.07) is 8.59. The van der Waals surface area contributed by atoms with E-state index in [2.05, 4.69) is 43.4 Å². The highest BCUT2D eigenvalue weighted by Crippen LogP contribution is 2.24. The average molecular weight is 187 g/mol. The van der Waals surface area contributed by atoms with Crippen LogP contribution in [0, 0.1) is 0 Å². The molecule has 0 aromatic heterocycles. The van der Waals surface area contributed by atoms with Gasteiger partial charge in [-0.3, -0.25) is 0 Å². The van der Waals surface area contributed by atoms with Crippen LogP contribution in [-0.2, 0) is 6.42 Å². The minimum atomic E-state index is 1.01. The molecule has 1 aliphatic rings. The lowest BCUT2D eigenvalue weighted by molar-refractivity contribution is 0.990. The summed E-state index contributed by atoms with van der Waals surface area (Å²) in [5.41, 5.74) is 5.81. The fourth-order valence-electron chi connectivity index (χ4n) is 2.04. The zero-order valence-electron chi connectivity index (χ0n) is 8.93. The molecule has 0 atom stereocenters. The Bertz CT molecular complexity index is 363. The number of para-hydroxylation sites is 1. The third kappa shape index (κ3) is 1.67. The number of anilines is 1. The van der Waals surface area contributed by atoms with Gasteiger partial charge in [0.2, 0.25) is 0 Å². The summed E-state index contributed by atoms with van der Waals surface area (Å²) in [5.74, 6) is 0. The Kier molecular flexibility index (Phi) is 2.58. The van der Waals surface area contributed by atoms with Crippen LogP contribution in [0.15, 0.2) is 35.4 Å². The van der Waals surface area contributed by atoms with Crippen molar-refractivity contribution >= 4 is 5.69 Å². The number of allylic oxidation sites excluding steroid dienone is 1. The summed E-state index contributed by atoms with van der Waals surface area (Å²) in [6.07, 6.45) is 2.26. The number of hydrogen-bond acceptors (Lipinski definition) is 1. The summed E-state index contributed by atoms with van der Waals surface area (Å²) in [5, 5.41) is 3.50. The maximum absolute atomic E-state index is 3.50. The first-order chi connectivity index (χ1) is 6.81. The van der Waals surface area contributed by atoms with Crippen molar-refractivity contribution in [3.8, 4) is 0 Å². The molecule has 1 aromatic carbocycles. The van der Waals surface area contributed by atoms with Gasteiger partial charge in [0.05, 0.1) is 0 Å². The molecule has 0 spiro atoms. The fourth-order valence-corrected chi connectivity index (χ4v) is 2.04. The third-order valence-corrected chi connectivity index (χ3v) is 3.00. The number of rotatable bonds is 1. The second-order valence-electron chi connectivity index (χ2n) is 3.92. The van der Waals surface area contributed by atoms with E-state index in [0.29, 0.717) is 0 Å². The van der Waals surface area contributed by atoms with E-state index in [1.165, 1.54) is 16.8 Å². The van der Waals surface area contributed by atoms with Gasteiger partial charge in [0.25, 0.3) is 0 Å². The highest BCUT2D eigenvalue weighted by atomic mass is 14.9. The Morgan fingerprint density at radius 1 is 1.29 bits per heavy atom. The van der Waals surface area contributed by atoms with Gasteiger partial charge < -0.3 is 5.32 Å².